The van der Waals surface area contributed by atoms with E-state index in [4.69, 9.17) is 10.7 Å². The van der Waals surface area contributed by atoms with E-state index in [1.165, 1.54) is 18.6 Å². The Balaban J connectivity index is 2.13. The highest BCUT2D eigenvalue weighted by Gasteiger charge is 2.21. The summed E-state index contributed by atoms with van der Waals surface area (Å²) in [6.07, 6.45) is 4.37. The summed E-state index contributed by atoms with van der Waals surface area (Å²) in [6, 6.07) is 6.86. The van der Waals surface area contributed by atoms with E-state index in [9.17, 15) is 4.39 Å². The van der Waals surface area contributed by atoms with E-state index >= 15 is 0 Å². The molecule has 0 saturated heterocycles. The first-order valence-corrected chi connectivity index (χ1v) is 7.67. The van der Waals surface area contributed by atoms with Gasteiger partial charge in [0.25, 0.3) is 0 Å². The molecule has 0 radical (unpaired) electrons. The predicted molar refractivity (Wildman–Crippen MR) is 86.0 cm³/mol. The van der Waals surface area contributed by atoms with Gasteiger partial charge in [-0.15, -0.1) is 0 Å². The molecule has 0 bridgehead atoms. The van der Waals surface area contributed by atoms with Gasteiger partial charge in [-0.3, -0.25) is 0 Å². The van der Waals surface area contributed by atoms with Crippen LogP contribution in [-0.2, 0) is 0 Å². The zero-order chi connectivity index (χ0) is 15.2. The van der Waals surface area contributed by atoms with Crippen LogP contribution in [0.4, 0.5) is 10.1 Å². The number of benzene rings is 1. The van der Waals surface area contributed by atoms with E-state index < -0.39 is 0 Å². The summed E-state index contributed by atoms with van der Waals surface area (Å²) in [5.41, 5.74) is 6.84. The fourth-order valence-electron chi connectivity index (χ4n) is 2.55. The zero-order valence-corrected chi connectivity index (χ0v) is 12.8. The van der Waals surface area contributed by atoms with Gasteiger partial charge >= 0.3 is 0 Å². The van der Waals surface area contributed by atoms with E-state index in [1.807, 2.05) is 19.9 Å². The average molecular weight is 292 g/mol. The summed E-state index contributed by atoms with van der Waals surface area (Å²) >= 11 is 0. The van der Waals surface area contributed by atoms with Gasteiger partial charge in [0.2, 0.25) is 0 Å². The Morgan fingerprint density at radius 1 is 1.33 bits per heavy atom. The van der Waals surface area contributed by atoms with Crippen molar-refractivity contribution in [3.8, 4) is 0 Å². The van der Waals surface area contributed by atoms with Gasteiger partial charge in [-0.1, -0.05) is 18.9 Å². The molecule has 1 aliphatic rings. The molecule has 0 aliphatic heterocycles. The summed E-state index contributed by atoms with van der Waals surface area (Å²) in [6.45, 7) is 4.09. The second-order valence-electron chi connectivity index (χ2n) is 5.93. The van der Waals surface area contributed by atoms with Crippen LogP contribution in [0, 0.1) is 5.82 Å². The summed E-state index contributed by atoms with van der Waals surface area (Å²) < 4.78 is 13.3. The van der Waals surface area contributed by atoms with E-state index in [-0.39, 0.29) is 23.9 Å². The lowest BCUT2D eigenvalue weighted by atomic mass is 9.91. The number of hydrogen-bond acceptors (Lipinski definition) is 2. The molecule has 1 fully saturated rings. The first-order valence-electron chi connectivity index (χ1n) is 7.67. The molecule has 0 unspecified atom stereocenters. The van der Waals surface area contributed by atoms with Crippen molar-refractivity contribution in [2.75, 3.05) is 5.32 Å². The zero-order valence-electron chi connectivity index (χ0n) is 12.8. The maximum atomic E-state index is 13.3. The molecule has 21 heavy (non-hydrogen) atoms. The highest BCUT2D eigenvalue weighted by molar-refractivity contribution is 5.93. The minimum absolute atomic E-state index is 0.108. The van der Waals surface area contributed by atoms with Crippen LogP contribution < -0.4 is 16.4 Å². The molecule has 2 rings (SSSR count). The quantitative estimate of drug-likeness (QED) is 0.593. The number of hydrogen-bond donors (Lipinski definition) is 3. The molecule has 1 aromatic carbocycles. The third-order valence-corrected chi connectivity index (χ3v) is 3.59. The van der Waals surface area contributed by atoms with Crippen LogP contribution in [0.2, 0.25) is 0 Å². The summed E-state index contributed by atoms with van der Waals surface area (Å²) in [5, 5.41) is 6.44. The second-order valence-corrected chi connectivity index (χ2v) is 5.93. The molecule has 1 aromatic rings. The van der Waals surface area contributed by atoms with Crippen LogP contribution in [0.3, 0.4) is 0 Å². The summed E-state index contributed by atoms with van der Waals surface area (Å²) in [4.78, 5) is 4.73. The number of halogens is 1. The molecule has 0 amide bonds. The second kappa shape index (κ2) is 7.41. The molecular weight excluding hydrogens is 267 g/mol. The summed E-state index contributed by atoms with van der Waals surface area (Å²) in [7, 11) is 0. The van der Waals surface area contributed by atoms with Gasteiger partial charge in [-0.2, -0.15) is 0 Å². The lowest BCUT2D eigenvalue weighted by Crippen LogP contribution is -2.41. The van der Waals surface area contributed by atoms with Gasteiger partial charge in [0.05, 0.1) is 6.04 Å². The van der Waals surface area contributed by atoms with Gasteiger partial charge in [0, 0.05) is 17.8 Å². The molecule has 0 aromatic heterocycles. The van der Waals surface area contributed by atoms with Gasteiger partial charge in [0.1, 0.15) is 5.82 Å². The third-order valence-electron chi connectivity index (χ3n) is 3.59. The minimum atomic E-state index is -0.265. The topological polar surface area (TPSA) is 62.4 Å². The maximum Gasteiger partial charge on any atom is 0.196 e. The number of anilines is 1. The number of nitrogens with one attached hydrogen (secondary N) is 2. The van der Waals surface area contributed by atoms with Crippen molar-refractivity contribution in [3.05, 3.63) is 30.1 Å². The Labute approximate surface area is 126 Å². The average Bonchev–Trinajstić information content (AvgIpc) is 2.40. The maximum absolute atomic E-state index is 13.3. The number of nitrogens with two attached hydrogens (primary N) is 1. The predicted octanol–water partition coefficient (Wildman–Crippen LogP) is 2.86. The number of nitrogens with zero attached hydrogens (tertiary/aromatic N) is 1. The Bertz CT molecular complexity index is 487. The van der Waals surface area contributed by atoms with Gasteiger partial charge in [0.15, 0.2) is 5.96 Å². The van der Waals surface area contributed by atoms with Gasteiger partial charge in [-0.05, 0) is 44.9 Å². The molecule has 0 heterocycles. The Morgan fingerprint density at radius 3 is 2.76 bits per heavy atom. The van der Waals surface area contributed by atoms with Crippen molar-refractivity contribution in [3.63, 3.8) is 0 Å². The lowest BCUT2D eigenvalue weighted by Gasteiger charge is -2.27. The van der Waals surface area contributed by atoms with E-state index in [0.717, 1.165) is 19.3 Å². The van der Waals surface area contributed by atoms with Crippen molar-refractivity contribution in [2.24, 2.45) is 10.7 Å². The monoisotopic (exact) mass is 292 g/mol. The Hall–Kier alpha value is -1.62. The smallest absolute Gasteiger partial charge is 0.196 e. The van der Waals surface area contributed by atoms with Gasteiger partial charge in [-0.25, -0.2) is 9.38 Å². The van der Waals surface area contributed by atoms with E-state index in [0.29, 0.717) is 11.6 Å². The number of aliphatic imine (C=N–C) groups is 1. The fourth-order valence-corrected chi connectivity index (χ4v) is 2.55. The molecule has 1 saturated carbocycles. The lowest BCUT2D eigenvalue weighted by molar-refractivity contribution is 0.385. The van der Waals surface area contributed by atoms with Crippen LogP contribution in [0.15, 0.2) is 29.3 Å². The largest absolute Gasteiger partial charge is 0.354 e. The third kappa shape index (κ3) is 5.01. The molecule has 5 heteroatoms. The van der Waals surface area contributed by atoms with Crippen LogP contribution >= 0.6 is 0 Å². The van der Waals surface area contributed by atoms with Crippen molar-refractivity contribution >= 4 is 11.6 Å². The standard InChI is InChI=1S/C16H25FN4/c1-11(2)19-16(20-13-7-5-6-12(17)10-13)21-15-9-4-3-8-14(15)18/h5-7,10-11,14-15H,3-4,8-9,18H2,1-2H3,(H2,19,20,21)/t14-,15-/m0/s1. The highest BCUT2D eigenvalue weighted by Crippen LogP contribution is 2.20. The number of guanidine groups is 1. The Kier molecular flexibility index (Phi) is 5.56. The fraction of sp³-hybridized carbons (Fsp3) is 0.562. The van der Waals surface area contributed by atoms with Crippen molar-refractivity contribution in [1.82, 2.24) is 5.32 Å². The van der Waals surface area contributed by atoms with Gasteiger partial charge < -0.3 is 16.4 Å². The number of rotatable bonds is 3. The molecular formula is C16H25FN4. The van der Waals surface area contributed by atoms with Crippen LogP contribution in [-0.4, -0.2) is 24.1 Å². The normalized spacial score (nSPS) is 23.2. The molecule has 4 N–H and O–H groups in total. The highest BCUT2D eigenvalue weighted by atomic mass is 19.1. The van der Waals surface area contributed by atoms with E-state index in [2.05, 4.69) is 10.6 Å². The van der Waals surface area contributed by atoms with Crippen molar-refractivity contribution in [2.45, 2.75) is 57.7 Å². The molecule has 4 nitrogen and oxygen atoms in total. The van der Waals surface area contributed by atoms with Crippen LogP contribution in [0.1, 0.15) is 39.5 Å². The van der Waals surface area contributed by atoms with Crippen LogP contribution in [0.5, 0.6) is 0 Å². The SMILES string of the molecule is CC(C)NC(=N[C@H]1CCCC[C@@H]1N)Nc1cccc(F)c1. The Morgan fingerprint density at radius 2 is 2.10 bits per heavy atom. The molecule has 2 atom stereocenters. The first-order chi connectivity index (χ1) is 10.0. The van der Waals surface area contributed by atoms with Crippen molar-refractivity contribution in [1.29, 1.82) is 0 Å². The molecule has 0 spiro atoms. The first kappa shape index (κ1) is 15.8. The summed E-state index contributed by atoms with van der Waals surface area (Å²) in [5.74, 6) is 0.399. The van der Waals surface area contributed by atoms with Crippen LogP contribution in [0.25, 0.3) is 0 Å². The van der Waals surface area contributed by atoms with Crippen molar-refractivity contribution < 1.29 is 4.39 Å². The minimum Gasteiger partial charge on any atom is -0.354 e. The molecule has 1 aliphatic carbocycles. The van der Waals surface area contributed by atoms with E-state index in [1.54, 1.807) is 6.07 Å². The molecule has 116 valence electrons.